The first-order valence-electron chi connectivity index (χ1n) is 6.79. The van der Waals surface area contributed by atoms with Crippen LogP contribution in [0.25, 0.3) is 0 Å². The fourth-order valence-electron chi connectivity index (χ4n) is 2.14. The van der Waals surface area contributed by atoms with Gasteiger partial charge in [0.05, 0.1) is 40.1 Å². The Morgan fingerprint density at radius 3 is 2.18 bits per heavy atom. The molecule has 0 aliphatic heterocycles. The zero-order valence-corrected chi connectivity index (χ0v) is 14.1. The number of methoxy groups -OCH3 is 2. The molecule has 1 aliphatic rings. The first-order valence-corrected chi connectivity index (χ1v) is 8.61. The Bertz CT molecular complexity index is 540. The predicted octanol–water partition coefficient (Wildman–Crippen LogP) is 1.37. The molecule has 0 aromatic heterocycles. The zero-order chi connectivity index (χ0) is 16.8. The van der Waals surface area contributed by atoms with Crippen LogP contribution in [0.2, 0.25) is 0 Å². The topological polar surface area (TPSA) is 88.1 Å². The van der Waals surface area contributed by atoms with Crippen molar-refractivity contribution in [1.29, 1.82) is 0 Å². The average molecular weight is 334 g/mol. The molecular formula is C14H22O7S. The Kier molecular flexibility index (Phi) is 6.43. The van der Waals surface area contributed by atoms with Crippen LogP contribution < -0.4 is 0 Å². The molecule has 8 heteroatoms. The third kappa shape index (κ3) is 5.03. The largest absolute Gasteiger partial charge is 0.501 e. The van der Waals surface area contributed by atoms with Crippen molar-refractivity contribution >= 4 is 16.1 Å². The Morgan fingerprint density at radius 2 is 1.77 bits per heavy atom. The highest BCUT2D eigenvalue weighted by molar-refractivity contribution is 7.85. The van der Waals surface area contributed by atoms with Crippen LogP contribution in [0.3, 0.4) is 0 Å². The number of hydrogen-bond donors (Lipinski definition) is 0. The molecule has 0 unspecified atom stereocenters. The van der Waals surface area contributed by atoms with Crippen LogP contribution in [-0.4, -0.2) is 48.1 Å². The molecule has 22 heavy (non-hydrogen) atoms. The number of carbonyl (C=O) groups is 1. The van der Waals surface area contributed by atoms with Gasteiger partial charge in [-0.1, -0.05) is 0 Å². The summed E-state index contributed by atoms with van der Waals surface area (Å²) in [7, 11) is -0.597. The molecule has 0 radical (unpaired) electrons. The van der Waals surface area contributed by atoms with E-state index in [1.165, 1.54) is 14.2 Å². The molecule has 0 saturated heterocycles. The fourth-order valence-corrected chi connectivity index (χ4v) is 2.53. The molecule has 126 valence electrons. The second kappa shape index (κ2) is 7.64. The van der Waals surface area contributed by atoms with Crippen LogP contribution in [0, 0.1) is 5.41 Å². The average Bonchev–Trinajstić information content (AvgIpc) is 2.45. The summed E-state index contributed by atoms with van der Waals surface area (Å²) in [5, 5.41) is 0. The van der Waals surface area contributed by atoms with Crippen molar-refractivity contribution in [2.45, 2.75) is 19.8 Å². The zero-order valence-electron chi connectivity index (χ0n) is 13.2. The molecule has 7 nitrogen and oxygen atoms in total. The SMILES string of the molecule is CCOC(=O)C1(CCOS(C)(=O)=O)C=C(OC)CC(OC)=C1. The van der Waals surface area contributed by atoms with E-state index in [9.17, 15) is 13.2 Å². The van der Waals surface area contributed by atoms with E-state index in [-0.39, 0.29) is 19.6 Å². The van der Waals surface area contributed by atoms with Gasteiger partial charge in [0.25, 0.3) is 10.1 Å². The van der Waals surface area contributed by atoms with Crippen LogP contribution in [0.1, 0.15) is 19.8 Å². The maximum atomic E-state index is 12.4. The number of ether oxygens (including phenoxy) is 3. The maximum absolute atomic E-state index is 12.4. The molecule has 0 N–H and O–H groups in total. The van der Waals surface area contributed by atoms with Gasteiger partial charge in [-0.15, -0.1) is 0 Å². The van der Waals surface area contributed by atoms with E-state index in [1.54, 1.807) is 19.1 Å². The van der Waals surface area contributed by atoms with Crippen molar-refractivity contribution in [3.63, 3.8) is 0 Å². The Hall–Kier alpha value is -1.54. The molecule has 0 aromatic rings. The number of esters is 1. The maximum Gasteiger partial charge on any atom is 0.320 e. The molecule has 0 bridgehead atoms. The highest BCUT2D eigenvalue weighted by Gasteiger charge is 2.40. The summed E-state index contributed by atoms with van der Waals surface area (Å²) in [6.07, 6.45) is 4.72. The smallest absolute Gasteiger partial charge is 0.320 e. The molecule has 0 aromatic carbocycles. The van der Waals surface area contributed by atoms with Gasteiger partial charge in [-0.05, 0) is 25.5 Å². The van der Waals surface area contributed by atoms with Gasteiger partial charge in [0.15, 0.2) is 0 Å². The van der Waals surface area contributed by atoms with Gasteiger partial charge in [-0.25, -0.2) is 0 Å². The van der Waals surface area contributed by atoms with E-state index in [2.05, 4.69) is 0 Å². The molecule has 0 saturated carbocycles. The molecule has 0 fully saturated rings. The molecular weight excluding hydrogens is 312 g/mol. The lowest BCUT2D eigenvalue weighted by Crippen LogP contribution is -2.34. The van der Waals surface area contributed by atoms with Gasteiger partial charge >= 0.3 is 5.97 Å². The highest BCUT2D eigenvalue weighted by atomic mass is 32.2. The molecule has 0 amide bonds. The van der Waals surface area contributed by atoms with Crippen LogP contribution >= 0.6 is 0 Å². The third-order valence-electron chi connectivity index (χ3n) is 3.18. The quantitative estimate of drug-likeness (QED) is 0.489. The van der Waals surface area contributed by atoms with Crippen LogP contribution in [0.5, 0.6) is 0 Å². The standard InChI is InChI=1S/C14H22O7S/c1-5-20-13(15)14(6-7-21-22(4,16)17)9-11(18-2)8-12(10-14)19-3/h9-10H,5-8H2,1-4H3. The van der Waals surface area contributed by atoms with Gasteiger partial charge < -0.3 is 14.2 Å². The Morgan fingerprint density at radius 1 is 1.23 bits per heavy atom. The summed E-state index contributed by atoms with van der Waals surface area (Å²) in [5.41, 5.74) is -1.17. The van der Waals surface area contributed by atoms with E-state index in [0.29, 0.717) is 17.9 Å². The lowest BCUT2D eigenvalue weighted by atomic mass is 9.80. The minimum atomic E-state index is -3.58. The number of rotatable bonds is 8. The lowest BCUT2D eigenvalue weighted by Gasteiger charge is -2.30. The van der Waals surface area contributed by atoms with Crippen molar-refractivity contribution in [2.75, 3.05) is 33.7 Å². The first kappa shape index (κ1) is 18.5. The van der Waals surface area contributed by atoms with Crippen LogP contribution in [0.4, 0.5) is 0 Å². The van der Waals surface area contributed by atoms with Crippen molar-refractivity contribution in [3.05, 3.63) is 23.7 Å². The molecule has 0 spiro atoms. The van der Waals surface area contributed by atoms with Crippen molar-refractivity contribution in [3.8, 4) is 0 Å². The first-order chi connectivity index (χ1) is 10.3. The van der Waals surface area contributed by atoms with Gasteiger partial charge in [-0.3, -0.25) is 8.98 Å². The monoisotopic (exact) mass is 334 g/mol. The van der Waals surface area contributed by atoms with Crippen molar-refractivity contribution in [1.82, 2.24) is 0 Å². The minimum absolute atomic E-state index is 0.0959. The lowest BCUT2D eigenvalue weighted by molar-refractivity contribution is -0.151. The Balaban J connectivity index is 3.09. The number of carbonyl (C=O) groups excluding carboxylic acids is 1. The number of hydrogen-bond acceptors (Lipinski definition) is 7. The van der Waals surface area contributed by atoms with E-state index in [4.69, 9.17) is 18.4 Å². The Labute approximate surface area is 131 Å². The van der Waals surface area contributed by atoms with E-state index in [1.807, 2.05) is 0 Å². The second-order valence-electron chi connectivity index (χ2n) is 4.84. The van der Waals surface area contributed by atoms with Crippen LogP contribution in [-0.2, 0) is 33.3 Å². The summed E-state index contributed by atoms with van der Waals surface area (Å²) >= 11 is 0. The molecule has 0 atom stereocenters. The molecule has 1 aliphatic carbocycles. The van der Waals surface area contributed by atoms with Gasteiger partial charge in [0.2, 0.25) is 0 Å². The second-order valence-corrected chi connectivity index (χ2v) is 6.49. The van der Waals surface area contributed by atoms with Crippen molar-refractivity contribution < 1.29 is 31.6 Å². The fraction of sp³-hybridized carbons (Fsp3) is 0.643. The third-order valence-corrected chi connectivity index (χ3v) is 3.77. The summed E-state index contributed by atoms with van der Waals surface area (Å²) in [5.74, 6) is 0.592. The predicted molar refractivity (Wildman–Crippen MR) is 79.3 cm³/mol. The van der Waals surface area contributed by atoms with Crippen molar-refractivity contribution in [2.24, 2.45) is 5.41 Å². The van der Waals surface area contributed by atoms with Gasteiger partial charge in [0, 0.05) is 0 Å². The summed E-state index contributed by atoms with van der Waals surface area (Å²) < 4.78 is 42.5. The molecule has 0 heterocycles. The summed E-state index contributed by atoms with van der Waals surface area (Å²) in [6, 6.07) is 0. The summed E-state index contributed by atoms with van der Waals surface area (Å²) in [4.78, 5) is 12.4. The van der Waals surface area contributed by atoms with E-state index < -0.39 is 21.5 Å². The van der Waals surface area contributed by atoms with Crippen LogP contribution in [0.15, 0.2) is 23.7 Å². The van der Waals surface area contributed by atoms with E-state index in [0.717, 1.165) is 6.26 Å². The normalized spacial score (nSPS) is 17.3. The minimum Gasteiger partial charge on any atom is -0.501 e. The van der Waals surface area contributed by atoms with Gasteiger partial charge in [-0.2, -0.15) is 8.42 Å². The van der Waals surface area contributed by atoms with Gasteiger partial charge in [0.1, 0.15) is 16.9 Å². The molecule has 1 rings (SSSR count). The van der Waals surface area contributed by atoms with E-state index >= 15 is 0 Å². The highest BCUT2D eigenvalue weighted by Crippen LogP contribution is 2.37. The summed E-state index contributed by atoms with van der Waals surface area (Å²) in [6.45, 7) is 1.75.